The van der Waals surface area contributed by atoms with E-state index in [1.165, 1.54) is 4.57 Å². The van der Waals surface area contributed by atoms with Crippen LogP contribution in [0, 0.1) is 27.7 Å². The van der Waals surface area contributed by atoms with Crippen LogP contribution in [-0.4, -0.2) is 27.7 Å². The average molecular weight is 459 g/mol. The number of methoxy groups -OCH3 is 1. The summed E-state index contributed by atoms with van der Waals surface area (Å²) in [6, 6.07) is 14.8. The molecule has 2 aromatic heterocycles. The lowest BCUT2D eigenvalue weighted by molar-refractivity contribution is -0.116. The first-order valence-electron chi connectivity index (χ1n) is 10.8. The number of pyridine rings is 1. The highest BCUT2D eigenvalue weighted by atomic mass is 16.5. The molecule has 0 aliphatic carbocycles. The highest BCUT2D eigenvalue weighted by molar-refractivity contribution is 5.92. The Bertz CT molecular complexity index is 1400. The Balaban J connectivity index is 1.65. The number of aryl methyl sites for hydroxylation is 4. The average Bonchev–Trinajstić information content (AvgIpc) is 3.29. The first kappa shape index (κ1) is 23.0. The van der Waals surface area contributed by atoms with Gasteiger partial charge in [-0.3, -0.25) is 9.59 Å². The molecule has 0 aliphatic rings. The predicted molar refractivity (Wildman–Crippen MR) is 130 cm³/mol. The summed E-state index contributed by atoms with van der Waals surface area (Å²) in [4.78, 5) is 30.7. The third kappa shape index (κ3) is 4.47. The van der Waals surface area contributed by atoms with Crippen LogP contribution < -0.4 is 15.6 Å². The molecule has 4 aromatic rings. The van der Waals surface area contributed by atoms with Crippen molar-refractivity contribution in [1.82, 2.24) is 14.7 Å². The number of carbonyl (C=O) groups is 1. The molecule has 2 heterocycles. The Morgan fingerprint density at radius 2 is 1.71 bits per heavy atom. The Morgan fingerprint density at radius 3 is 2.35 bits per heavy atom. The number of hydrogen-bond acceptors (Lipinski definition) is 6. The first-order chi connectivity index (χ1) is 16.3. The molecule has 0 unspecified atom stereocenters. The standard InChI is InChI=1S/C26H26N4O4/c1-15-7-6-8-16(2)23(15)27-21(31)14-30-18(4)13-17(3)22(26(30)32)25-28-24(29-34-25)19-9-11-20(33-5)12-10-19/h6-13H,14H2,1-5H3,(H,27,31). The van der Waals surface area contributed by atoms with Crippen molar-refractivity contribution >= 4 is 11.6 Å². The summed E-state index contributed by atoms with van der Waals surface area (Å²) in [6.45, 7) is 7.33. The molecule has 0 aliphatic heterocycles. The molecule has 0 bridgehead atoms. The largest absolute Gasteiger partial charge is 0.497 e. The molecule has 174 valence electrons. The fourth-order valence-corrected chi connectivity index (χ4v) is 3.90. The van der Waals surface area contributed by atoms with Gasteiger partial charge in [0.1, 0.15) is 17.9 Å². The highest BCUT2D eigenvalue weighted by Gasteiger charge is 2.20. The highest BCUT2D eigenvalue weighted by Crippen LogP contribution is 2.25. The normalized spacial score (nSPS) is 10.9. The monoisotopic (exact) mass is 458 g/mol. The predicted octanol–water partition coefficient (Wildman–Crippen LogP) is 4.45. The van der Waals surface area contributed by atoms with Crippen LogP contribution in [0.3, 0.4) is 0 Å². The summed E-state index contributed by atoms with van der Waals surface area (Å²) < 4.78 is 12.0. The second-order valence-electron chi connectivity index (χ2n) is 8.20. The number of rotatable bonds is 6. The molecule has 34 heavy (non-hydrogen) atoms. The Labute approximate surface area is 197 Å². The van der Waals surface area contributed by atoms with E-state index in [-0.39, 0.29) is 29.5 Å². The molecular weight excluding hydrogens is 432 g/mol. The number of benzene rings is 2. The maximum Gasteiger partial charge on any atom is 0.264 e. The molecule has 0 spiro atoms. The number of hydrogen-bond donors (Lipinski definition) is 1. The van der Waals surface area contributed by atoms with E-state index in [1.54, 1.807) is 26.2 Å². The topological polar surface area (TPSA) is 99.3 Å². The van der Waals surface area contributed by atoms with Gasteiger partial charge < -0.3 is 19.1 Å². The van der Waals surface area contributed by atoms with Crippen molar-refractivity contribution in [2.45, 2.75) is 34.2 Å². The number of para-hydroxylation sites is 1. The first-order valence-corrected chi connectivity index (χ1v) is 10.8. The van der Waals surface area contributed by atoms with Crippen LogP contribution in [0.2, 0.25) is 0 Å². The van der Waals surface area contributed by atoms with E-state index in [2.05, 4.69) is 15.5 Å². The van der Waals surface area contributed by atoms with E-state index in [0.29, 0.717) is 22.8 Å². The summed E-state index contributed by atoms with van der Waals surface area (Å²) in [5, 5.41) is 6.96. The smallest absolute Gasteiger partial charge is 0.264 e. The third-order valence-electron chi connectivity index (χ3n) is 5.74. The maximum atomic E-state index is 13.4. The Kier molecular flexibility index (Phi) is 6.32. The van der Waals surface area contributed by atoms with Gasteiger partial charge in [0.05, 0.1) is 7.11 Å². The third-order valence-corrected chi connectivity index (χ3v) is 5.74. The van der Waals surface area contributed by atoms with Crippen molar-refractivity contribution in [3.63, 3.8) is 0 Å². The van der Waals surface area contributed by atoms with Crippen molar-refractivity contribution in [3.05, 3.63) is 81.3 Å². The second-order valence-corrected chi connectivity index (χ2v) is 8.20. The van der Waals surface area contributed by atoms with E-state index in [9.17, 15) is 9.59 Å². The molecular formula is C26H26N4O4. The van der Waals surface area contributed by atoms with Crippen LogP contribution in [0.5, 0.6) is 5.75 Å². The van der Waals surface area contributed by atoms with Crippen molar-refractivity contribution in [2.24, 2.45) is 0 Å². The number of carbonyl (C=O) groups excluding carboxylic acids is 1. The number of nitrogens with one attached hydrogen (secondary N) is 1. The minimum atomic E-state index is -0.362. The zero-order valence-corrected chi connectivity index (χ0v) is 19.8. The molecule has 8 heteroatoms. The molecule has 0 atom stereocenters. The molecule has 4 rings (SSSR count). The fraction of sp³-hybridized carbons (Fsp3) is 0.231. The fourth-order valence-electron chi connectivity index (χ4n) is 3.90. The van der Waals surface area contributed by atoms with Crippen LogP contribution in [0.1, 0.15) is 22.4 Å². The summed E-state index contributed by atoms with van der Waals surface area (Å²) in [7, 11) is 1.59. The van der Waals surface area contributed by atoms with E-state index < -0.39 is 0 Å². The van der Waals surface area contributed by atoms with Crippen LogP contribution in [-0.2, 0) is 11.3 Å². The zero-order valence-electron chi connectivity index (χ0n) is 19.8. The van der Waals surface area contributed by atoms with Crippen LogP contribution in [0.4, 0.5) is 5.69 Å². The molecule has 2 aromatic carbocycles. The van der Waals surface area contributed by atoms with Gasteiger partial charge in [-0.1, -0.05) is 23.4 Å². The van der Waals surface area contributed by atoms with Crippen molar-refractivity contribution in [3.8, 4) is 28.6 Å². The van der Waals surface area contributed by atoms with Crippen molar-refractivity contribution in [1.29, 1.82) is 0 Å². The Hall–Kier alpha value is -4.20. The lowest BCUT2D eigenvalue weighted by Gasteiger charge is -2.15. The van der Waals surface area contributed by atoms with Gasteiger partial charge in [-0.2, -0.15) is 4.98 Å². The Morgan fingerprint density at radius 1 is 1.03 bits per heavy atom. The summed E-state index contributed by atoms with van der Waals surface area (Å²) >= 11 is 0. The van der Waals surface area contributed by atoms with E-state index >= 15 is 0 Å². The van der Waals surface area contributed by atoms with Crippen LogP contribution in [0.15, 0.2) is 57.8 Å². The maximum absolute atomic E-state index is 13.4. The molecule has 0 saturated carbocycles. The van der Waals surface area contributed by atoms with Crippen LogP contribution in [0.25, 0.3) is 22.8 Å². The minimum absolute atomic E-state index is 0.109. The SMILES string of the molecule is COc1ccc(-c2noc(-c3c(C)cc(C)n(CC(=O)Nc4c(C)cccc4C)c3=O)n2)cc1. The van der Waals surface area contributed by atoms with Gasteiger partial charge in [0.15, 0.2) is 0 Å². The van der Waals surface area contributed by atoms with E-state index in [1.807, 2.05) is 57.2 Å². The quantitative estimate of drug-likeness (QED) is 0.458. The van der Waals surface area contributed by atoms with E-state index in [4.69, 9.17) is 9.26 Å². The summed E-state index contributed by atoms with van der Waals surface area (Å²) in [6.07, 6.45) is 0. The number of aromatic nitrogens is 3. The van der Waals surface area contributed by atoms with Gasteiger partial charge in [0.2, 0.25) is 11.7 Å². The molecule has 0 radical (unpaired) electrons. The lowest BCUT2D eigenvalue weighted by atomic mass is 10.1. The van der Waals surface area contributed by atoms with Gasteiger partial charge in [0, 0.05) is 16.9 Å². The van der Waals surface area contributed by atoms with Crippen molar-refractivity contribution in [2.75, 3.05) is 12.4 Å². The molecule has 8 nitrogen and oxygen atoms in total. The molecule has 0 fully saturated rings. The molecule has 1 amide bonds. The van der Waals surface area contributed by atoms with Gasteiger partial charge in [-0.05, 0) is 74.7 Å². The summed E-state index contributed by atoms with van der Waals surface area (Å²) in [5.41, 5.74) is 4.67. The molecule has 1 N–H and O–H groups in total. The van der Waals surface area contributed by atoms with Gasteiger partial charge in [-0.25, -0.2) is 0 Å². The number of amides is 1. The summed E-state index contributed by atoms with van der Waals surface area (Å²) in [5.74, 6) is 0.888. The number of nitrogens with zero attached hydrogens (tertiary/aromatic N) is 3. The lowest BCUT2D eigenvalue weighted by Crippen LogP contribution is -2.31. The number of anilines is 1. The zero-order chi connectivity index (χ0) is 24.4. The minimum Gasteiger partial charge on any atom is -0.497 e. The van der Waals surface area contributed by atoms with Gasteiger partial charge in [0.25, 0.3) is 11.4 Å². The second kappa shape index (κ2) is 9.35. The van der Waals surface area contributed by atoms with Crippen molar-refractivity contribution < 1.29 is 14.1 Å². The molecule has 0 saturated heterocycles. The van der Waals surface area contributed by atoms with Gasteiger partial charge >= 0.3 is 0 Å². The van der Waals surface area contributed by atoms with Crippen LogP contribution >= 0.6 is 0 Å². The van der Waals surface area contributed by atoms with E-state index in [0.717, 1.165) is 22.4 Å². The van der Waals surface area contributed by atoms with Gasteiger partial charge in [-0.15, -0.1) is 0 Å². The number of ether oxygens (including phenoxy) is 1.